The van der Waals surface area contributed by atoms with Crippen LogP contribution in [0.25, 0.3) is 10.4 Å². The molecule has 0 N–H and O–H groups in total. The molecular weight excluding hydrogens is 289 g/mol. The molecule has 0 heterocycles. The second-order valence-corrected chi connectivity index (χ2v) is 3.51. The molecule has 0 unspecified atom stereocenters. The molecule has 16 heavy (non-hydrogen) atoms. The highest BCUT2D eigenvalue weighted by Gasteiger charge is 2.34. The highest BCUT2D eigenvalue weighted by molar-refractivity contribution is 9.10. The summed E-state index contributed by atoms with van der Waals surface area (Å²) in [5, 5.41) is 11.5. The number of hydrogen-bond donors (Lipinski definition) is 0. The molecular formula is C8H2BrF3N4. The van der Waals surface area contributed by atoms with Gasteiger partial charge in [-0.3, -0.25) is 0 Å². The number of benzene rings is 1. The van der Waals surface area contributed by atoms with Gasteiger partial charge < -0.3 is 0 Å². The van der Waals surface area contributed by atoms with Crippen molar-refractivity contribution in [2.24, 2.45) is 5.11 Å². The molecule has 0 aliphatic carbocycles. The van der Waals surface area contributed by atoms with E-state index in [2.05, 4.69) is 26.0 Å². The van der Waals surface area contributed by atoms with Crippen molar-refractivity contribution in [2.45, 2.75) is 6.18 Å². The van der Waals surface area contributed by atoms with Gasteiger partial charge in [0.15, 0.2) is 0 Å². The van der Waals surface area contributed by atoms with Gasteiger partial charge in [-0.25, -0.2) is 0 Å². The first-order valence-corrected chi connectivity index (χ1v) is 4.55. The Kier molecular flexibility index (Phi) is 3.42. The van der Waals surface area contributed by atoms with Crippen LogP contribution in [0.15, 0.2) is 21.7 Å². The summed E-state index contributed by atoms with van der Waals surface area (Å²) in [7, 11) is 0. The number of alkyl halides is 3. The van der Waals surface area contributed by atoms with Gasteiger partial charge in [-0.2, -0.15) is 18.4 Å². The third-order valence-electron chi connectivity index (χ3n) is 1.64. The summed E-state index contributed by atoms with van der Waals surface area (Å²) in [6.07, 6.45) is -4.68. The van der Waals surface area contributed by atoms with Crippen LogP contribution in [-0.4, -0.2) is 0 Å². The lowest BCUT2D eigenvalue weighted by molar-refractivity contribution is -0.137. The normalized spacial score (nSPS) is 10.4. The third kappa shape index (κ3) is 2.45. The molecule has 0 fully saturated rings. The minimum absolute atomic E-state index is 0.0725. The molecule has 8 heteroatoms. The summed E-state index contributed by atoms with van der Waals surface area (Å²) in [5.41, 5.74) is 6.28. The molecule has 0 aliphatic heterocycles. The van der Waals surface area contributed by atoms with E-state index >= 15 is 0 Å². The van der Waals surface area contributed by atoms with Gasteiger partial charge in [-0.1, -0.05) is 21.0 Å². The second-order valence-electron chi connectivity index (χ2n) is 2.65. The van der Waals surface area contributed by atoms with E-state index in [4.69, 9.17) is 10.8 Å². The van der Waals surface area contributed by atoms with Gasteiger partial charge in [-0.05, 0) is 17.7 Å². The van der Waals surface area contributed by atoms with Crippen molar-refractivity contribution in [3.05, 3.63) is 38.2 Å². The lowest BCUT2D eigenvalue weighted by Crippen LogP contribution is -2.06. The lowest BCUT2D eigenvalue weighted by Gasteiger charge is -2.11. The highest BCUT2D eigenvalue weighted by Crippen LogP contribution is 2.41. The maximum absolute atomic E-state index is 12.6. The fourth-order valence-corrected chi connectivity index (χ4v) is 1.57. The van der Waals surface area contributed by atoms with Crippen LogP contribution < -0.4 is 0 Å². The second kappa shape index (κ2) is 4.43. The molecule has 0 amide bonds. The van der Waals surface area contributed by atoms with E-state index in [-0.39, 0.29) is 10.0 Å². The maximum atomic E-state index is 12.6. The molecule has 0 bridgehead atoms. The molecule has 0 spiro atoms. The quantitative estimate of drug-likeness (QED) is 0.432. The Bertz CT molecular complexity index is 511. The fraction of sp³-hybridized carbons (Fsp3) is 0.125. The van der Waals surface area contributed by atoms with Crippen molar-refractivity contribution < 1.29 is 13.2 Å². The zero-order valence-electron chi connectivity index (χ0n) is 7.46. The van der Waals surface area contributed by atoms with Crippen molar-refractivity contribution in [3.8, 4) is 6.07 Å². The number of nitriles is 1. The van der Waals surface area contributed by atoms with Crippen molar-refractivity contribution in [3.63, 3.8) is 0 Å². The van der Waals surface area contributed by atoms with Crippen LogP contribution in [0.1, 0.15) is 11.1 Å². The Hall–Kier alpha value is -1.71. The lowest BCUT2D eigenvalue weighted by atomic mass is 10.1. The summed E-state index contributed by atoms with van der Waals surface area (Å²) in [6, 6.07) is 3.37. The van der Waals surface area contributed by atoms with Gasteiger partial charge in [0.1, 0.15) is 0 Å². The molecule has 0 saturated carbocycles. The van der Waals surface area contributed by atoms with Gasteiger partial charge in [0, 0.05) is 9.38 Å². The standard InChI is InChI=1S/C8H2BrF3N4/c9-6-2-4(3-13)1-5(8(10,11)12)7(6)15-16-14/h1-2H. The average molecular weight is 291 g/mol. The average Bonchev–Trinajstić information content (AvgIpc) is 2.19. The molecule has 1 aromatic carbocycles. The number of hydrogen-bond acceptors (Lipinski definition) is 2. The van der Waals surface area contributed by atoms with Crippen LogP contribution in [0.2, 0.25) is 0 Å². The van der Waals surface area contributed by atoms with Gasteiger partial charge in [0.05, 0.1) is 22.9 Å². The first kappa shape index (κ1) is 12.4. The predicted octanol–water partition coefficient (Wildman–Crippen LogP) is 4.28. The Labute approximate surface area is 96.1 Å². The number of halogens is 4. The van der Waals surface area contributed by atoms with Crippen LogP contribution in [0.3, 0.4) is 0 Å². The van der Waals surface area contributed by atoms with E-state index in [1.54, 1.807) is 6.07 Å². The van der Waals surface area contributed by atoms with E-state index in [9.17, 15) is 13.2 Å². The SMILES string of the molecule is N#Cc1cc(Br)c(N=[N+]=[N-])c(C(F)(F)F)c1. The van der Waals surface area contributed by atoms with Crippen LogP contribution in [0, 0.1) is 11.3 Å². The molecule has 82 valence electrons. The molecule has 0 atom stereocenters. The fourth-order valence-electron chi connectivity index (χ4n) is 1.03. The Morgan fingerprint density at radius 2 is 2.06 bits per heavy atom. The summed E-state index contributed by atoms with van der Waals surface area (Å²) in [5.74, 6) is 0. The van der Waals surface area contributed by atoms with E-state index in [1.807, 2.05) is 0 Å². The highest BCUT2D eigenvalue weighted by atomic mass is 79.9. The minimum atomic E-state index is -4.68. The van der Waals surface area contributed by atoms with E-state index < -0.39 is 17.4 Å². The summed E-state index contributed by atoms with van der Waals surface area (Å²) < 4.78 is 37.6. The van der Waals surface area contributed by atoms with Gasteiger partial charge in [0.25, 0.3) is 0 Å². The monoisotopic (exact) mass is 290 g/mol. The number of nitrogens with zero attached hydrogens (tertiary/aromatic N) is 4. The first-order valence-electron chi connectivity index (χ1n) is 3.76. The van der Waals surface area contributed by atoms with Gasteiger partial charge in [-0.15, -0.1) is 0 Å². The number of azide groups is 1. The summed E-state index contributed by atoms with van der Waals surface area (Å²) >= 11 is 2.82. The predicted molar refractivity (Wildman–Crippen MR) is 52.7 cm³/mol. The van der Waals surface area contributed by atoms with Crippen molar-refractivity contribution in [2.75, 3.05) is 0 Å². The molecule has 0 radical (unpaired) electrons. The smallest absolute Gasteiger partial charge is 0.192 e. The number of rotatable bonds is 1. The largest absolute Gasteiger partial charge is 0.416 e. The topological polar surface area (TPSA) is 72.5 Å². The van der Waals surface area contributed by atoms with Crippen LogP contribution in [0.5, 0.6) is 0 Å². The summed E-state index contributed by atoms with van der Waals surface area (Å²) in [6.45, 7) is 0. The molecule has 0 aromatic heterocycles. The van der Waals surface area contributed by atoms with E-state index in [0.717, 1.165) is 6.07 Å². The van der Waals surface area contributed by atoms with Crippen molar-refractivity contribution >= 4 is 21.6 Å². The third-order valence-corrected chi connectivity index (χ3v) is 2.25. The Morgan fingerprint density at radius 3 is 2.50 bits per heavy atom. The molecule has 0 aliphatic rings. The van der Waals surface area contributed by atoms with E-state index in [1.165, 1.54) is 0 Å². The molecule has 0 saturated heterocycles. The zero-order chi connectivity index (χ0) is 12.3. The van der Waals surface area contributed by atoms with Crippen molar-refractivity contribution in [1.82, 2.24) is 0 Å². The molecule has 4 nitrogen and oxygen atoms in total. The van der Waals surface area contributed by atoms with Crippen LogP contribution >= 0.6 is 15.9 Å². The Morgan fingerprint density at radius 1 is 1.44 bits per heavy atom. The van der Waals surface area contributed by atoms with Gasteiger partial charge in [0.2, 0.25) is 0 Å². The Balaban J connectivity index is 3.61. The summed E-state index contributed by atoms with van der Waals surface area (Å²) in [4.78, 5) is 2.31. The molecule has 1 aromatic rings. The van der Waals surface area contributed by atoms with Crippen LogP contribution in [0.4, 0.5) is 18.9 Å². The maximum Gasteiger partial charge on any atom is 0.416 e. The van der Waals surface area contributed by atoms with Gasteiger partial charge >= 0.3 is 6.18 Å². The zero-order valence-corrected chi connectivity index (χ0v) is 9.04. The first-order chi connectivity index (χ1) is 7.40. The minimum Gasteiger partial charge on any atom is -0.192 e. The molecule has 1 rings (SSSR count). The van der Waals surface area contributed by atoms with Crippen molar-refractivity contribution in [1.29, 1.82) is 5.26 Å². The van der Waals surface area contributed by atoms with E-state index in [0.29, 0.717) is 6.07 Å². The van der Waals surface area contributed by atoms with Crippen LogP contribution in [-0.2, 0) is 6.18 Å².